The largest absolute Gasteiger partial charge is 0.354 e. The molecule has 1 aliphatic heterocycles. The highest BCUT2D eigenvalue weighted by Gasteiger charge is 2.35. The Kier molecular flexibility index (Phi) is 3.02. The van der Waals surface area contributed by atoms with Gasteiger partial charge in [0.2, 0.25) is 5.91 Å². The number of nitriles is 1. The molecule has 0 aromatic heterocycles. The summed E-state index contributed by atoms with van der Waals surface area (Å²) < 4.78 is 13.1. The summed E-state index contributed by atoms with van der Waals surface area (Å²) in [4.78, 5) is 11.5. The Morgan fingerprint density at radius 2 is 2.24 bits per heavy atom. The first-order chi connectivity index (χ1) is 8.11. The number of nitrogens with one attached hydrogen (secondary N) is 2. The molecule has 17 heavy (non-hydrogen) atoms. The lowest BCUT2D eigenvalue weighted by Gasteiger charge is -2.29. The molecule has 86 valence electrons. The minimum Gasteiger partial charge on any atom is -0.354 e. The van der Waals surface area contributed by atoms with Crippen LogP contribution in [-0.4, -0.2) is 11.0 Å². The van der Waals surface area contributed by atoms with Gasteiger partial charge in [0.25, 0.3) is 0 Å². The van der Waals surface area contributed by atoms with E-state index in [9.17, 15) is 9.18 Å². The van der Waals surface area contributed by atoms with E-state index in [1.54, 1.807) is 6.07 Å². The molecule has 0 bridgehead atoms. The monoisotopic (exact) mass is 249 g/mol. The van der Waals surface area contributed by atoms with Crippen molar-refractivity contribution >= 4 is 23.2 Å². The fourth-order valence-electron chi connectivity index (χ4n) is 1.71. The molecule has 2 unspecified atom stereocenters. The lowest BCUT2D eigenvalue weighted by molar-refractivity contribution is -0.123. The van der Waals surface area contributed by atoms with E-state index >= 15 is 0 Å². The quantitative estimate of drug-likeness (QED) is 0.729. The lowest BCUT2D eigenvalue weighted by Crippen LogP contribution is -2.53. The highest BCUT2D eigenvalue weighted by molar-refractivity contribution is 7.80. The van der Waals surface area contributed by atoms with Crippen molar-refractivity contribution in [2.45, 2.75) is 6.04 Å². The van der Waals surface area contributed by atoms with Crippen molar-refractivity contribution in [2.75, 3.05) is 0 Å². The van der Waals surface area contributed by atoms with Gasteiger partial charge in [-0.05, 0) is 29.9 Å². The van der Waals surface area contributed by atoms with Crippen molar-refractivity contribution in [2.24, 2.45) is 5.92 Å². The average Bonchev–Trinajstić information content (AvgIpc) is 2.28. The van der Waals surface area contributed by atoms with E-state index in [-0.39, 0.29) is 5.11 Å². The second kappa shape index (κ2) is 4.47. The van der Waals surface area contributed by atoms with E-state index in [1.807, 2.05) is 6.07 Å². The van der Waals surface area contributed by atoms with Gasteiger partial charge in [-0.3, -0.25) is 4.79 Å². The number of hydrogen-bond acceptors (Lipinski definition) is 3. The molecule has 0 spiro atoms. The Morgan fingerprint density at radius 3 is 2.88 bits per heavy atom. The summed E-state index contributed by atoms with van der Waals surface area (Å²) in [5.74, 6) is -1.81. The van der Waals surface area contributed by atoms with Crippen LogP contribution in [-0.2, 0) is 4.79 Å². The molecular formula is C11H8FN3OS. The Labute approximate surface area is 102 Å². The molecule has 1 aliphatic rings. The molecule has 1 aromatic rings. The van der Waals surface area contributed by atoms with Crippen LogP contribution in [0.3, 0.4) is 0 Å². The van der Waals surface area contributed by atoms with Gasteiger partial charge in [-0.1, -0.05) is 12.1 Å². The summed E-state index contributed by atoms with van der Waals surface area (Å²) in [5, 5.41) is 14.3. The van der Waals surface area contributed by atoms with Crippen LogP contribution in [0.15, 0.2) is 24.3 Å². The zero-order valence-corrected chi connectivity index (χ0v) is 9.42. The Balaban J connectivity index is 2.38. The molecule has 2 N–H and O–H groups in total. The van der Waals surface area contributed by atoms with Gasteiger partial charge in [0.05, 0.1) is 12.1 Å². The second-order valence-corrected chi connectivity index (χ2v) is 4.01. The van der Waals surface area contributed by atoms with E-state index in [2.05, 4.69) is 10.6 Å². The predicted molar refractivity (Wildman–Crippen MR) is 62.1 cm³/mol. The first-order valence-electron chi connectivity index (χ1n) is 4.88. The molecule has 1 heterocycles. The van der Waals surface area contributed by atoms with Crippen LogP contribution in [0, 0.1) is 23.1 Å². The summed E-state index contributed by atoms with van der Waals surface area (Å²) in [6.45, 7) is 0. The molecule has 2 rings (SSSR count). The van der Waals surface area contributed by atoms with Crippen LogP contribution in [0.25, 0.3) is 0 Å². The summed E-state index contributed by atoms with van der Waals surface area (Å²) >= 11 is 4.85. The topological polar surface area (TPSA) is 64.9 Å². The normalized spacial score (nSPS) is 23.5. The molecule has 0 radical (unpaired) electrons. The Hall–Kier alpha value is -2.00. The number of amides is 1. The molecule has 1 fully saturated rings. The van der Waals surface area contributed by atoms with Crippen LogP contribution in [0.5, 0.6) is 0 Å². The molecule has 0 saturated carbocycles. The standard InChI is InChI=1S/C11H8FN3OS/c12-7-3-1-2-6(4-7)9-8(5-13)10(16)15-11(17)14-9/h1-4,8-9H,(H2,14,15,16,17). The van der Waals surface area contributed by atoms with E-state index in [0.717, 1.165) is 0 Å². The van der Waals surface area contributed by atoms with Crippen molar-refractivity contribution in [1.82, 2.24) is 10.6 Å². The minimum atomic E-state index is -0.927. The summed E-state index contributed by atoms with van der Waals surface area (Å²) in [6, 6.07) is 7.02. The van der Waals surface area contributed by atoms with Crippen LogP contribution < -0.4 is 10.6 Å². The highest BCUT2D eigenvalue weighted by atomic mass is 32.1. The fraction of sp³-hybridized carbons (Fsp3) is 0.182. The third-order valence-electron chi connectivity index (χ3n) is 2.49. The second-order valence-electron chi connectivity index (χ2n) is 3.60. The summed E-state index contributed by atoms with van der Waals surface area (Å²) in [7, 11) is 0. The van der Waals surface area contributed by atoms with E-state index < -0.39 is 23.7 Å². The number of halogens is 1. The van der Waals surface area contributed by atoms with Crippen LogP contribution in [0.1, 0.15) is 11.6 Å². The van der Waals surface area contributed by atoms with Gasteiger partial charge in [-0.15, -0.1) is 0 Å². The highest BCUT2D eigenvalue weighted by Crippen LogP contribution is 2.24. The number of hydrogen-bond donors (Lipinski definition) is 2. The number of nitrogens with zero attached hydrogens (tertiary/aromatic N) is 1. The van der Waals surface area contributed by atoms with Gasteiger partial charge in [0.1, 0.15) is 11.7 Å². The molecule has 1 saturated heterocycles. The van der Waals surface area contributed by atoms with Crippen LogP contribution >= 0.6 is 12.2 Å². The zero-order chi connectivity index (χ0) is 12.4. The third-order valence-corrected chi connectivity index (χ3v) is 2.71. The van der Waals surface area contributed by atoms with Gasteiger partial charge in [-0.2, -0.15) is 5.26 Å². The van der Waals surface area contributed by atoms with E-state index in [1.165, 1.54) is 18.2 Å². The van der Waals surface area contributed by atoms with E-state index in [0.29, 0.717) is 5.56 Å². The van der Waals surface area contributed by atoms with Crippen molar-refractivity contribution < 1.29 is 9.18 Å². The molecule has 1 amide bonds. The van der Waals surface area contributed by atoms with Crippen LogP contribution in [0.2, 0.25) is 0 Å². The average molecular weight is 249 g/mol. The zero-order valence-electron chi connectivity index (χ0n) is 8.61. The number of carbonyl (C=O) groups is 1. The van der Waals surface area contributed by atoms with Crippen LogP contribution in [0.4, 0.5) is 4.39 Å². The van der Waals surface area contributed by atoms with E-state index in [4.69, 9.17) is 17.5 Å². The molecule has 0 aliphatic carbocycles. The summed E-state index contributed by atoms with van der Waals surface area (Å²) in [6.07, 6.45) is 0. The van der Waals surface area contributed by atoms with Gasteiger partial charge in [0, 0.05) is 0 Å². The maximum Gasteiger partial charge on any atom is 0.245 e. The Bertz CT molecular complexity index is 526. The third kappa shape index (κ3) is 2.24. The molecular weight excluding hydrogens is 241 g/mol. The predicted octanol–water partition coefficient (Wildman–Crippen LogP) is 1.01. The molecule has 6 heteroatoms. The smallest absolute Gasteiger partial charge is 0.245 e. The molecule has 2 atom stereocenters. The van der Waals surface area contributed by atoms with Crippen molar-refractivity contribution in [1.29, 1.82) is 5.26 Å². The minimum absolute atomic E-state index is 0.149. The molecule has 1 aromatic carbocycles. The SMILES string of the molecule is N#CC1C(=O)NC(=S)NC1c1cccc(F)c1. The lowest BCUT2D eigenvalue weighted by atomic mass is 9.92. The molecule has 4 nitrogen and oxygen atoms in total. The van der Waals surface area contributed by atoms with Crippen molar-refractivity contribution in [3.05, 3.63) is 35.6 Å². The maximum atomic E-state index is 13.1. The van der Waals surface area contributed by atoms with Gasteiger partial charge in [-0.25, -0.2) is 4.39 Å². The fourth-order valence-corrected chi connectivity index (χ4v) is 1.94. The van der Waals surface area contributed by atoms with Crippen molar-refractivity contribution in [3.8, 4) is 6.07 Å². The van der Waals surface area contributed by atoms with Gasteiger partial charge in [0.15, 0.2) is 5.11 Å². The number of benzene rings is 1. The Morgan fingerprint density at radius 1 is 1.47 bits per heavy atom. The van der Waals surface area contributed by atoms with Gasteiger partial charge < -0.3 is 10.6 Å². The number of thiocarbonyl (C=S) groups is 1. The first-order valence-corrected chi connectivity index (χ1v) is 5.29. The maximum absolute atomic E-state index is 13.1. The number of rotatable bonds is 1. The van der Waals surface area contributed by atoms with Gasteiger partial charge >= 0.3 is 0 Å². The summed E-state index contributed by atoms with van der Waals surface area (Å²) in [5.41, 5.74) is 0.522. The number of carbonyl (C=O) groups excluding carboxylic acids is 1. The first kappa shape index (κ1) is 11.5. The van der Waals surface area contributed by atoms with Crippen molar-refractivity contribution in [3.63, 3.8) is 0 Å².